The molecule has 2 N–H and O–H groups in total. The molecule has 0 saturated carbocycles. The lowest BCUT2D eigenvalue weighted by Crippen LogP contribution is -2.30. The van der Waals surface area contributed by atoms with Gasteiger partial charge in [0.2, 0.25) is 0 Å². The summed E-state index contributed by atoms with van der Waals surface area (Å²) >= 11 is 0. The third-order valence-electron chi connectivity index (χ3n) is 2.33. The van der Waals surface area contributed by atoms with Crippen LogP contribution in [-0.4, -0.2) is 12.0 Å². The largest absolute Gasteiger partial charge is 0.425 e. The minimum Gasteiger partial charge on any atom is -0.425 e. The molecule has 0 radical (unpaired) electrons. The molecular formula is C13H14ClNO2. The second-order valence-electron chi connectivity index (χ2n) is 3.69. The van der Waals surface area contributed by atoms with Crippen LogP contribution in [0.1, 0.15) is 6.92 Å². The first-order valence-electron chi connectivity index (χ1n) is 5.13. The van der Waals surface area contributed by atoms with E-state index in [-0.39, 0.29) is 12.4 Å². The lowest BCUT2D eigenvalue weighted by atomic mass is 10.1. The average Bonchev–Trinajstić information content (AvgIpc) is 2.29. The Morgan fingerprint density at radius 2 is 1.82 bits per heavy atom. The van der Waals surface area contributed by atoms with E-state index in [1.165, 1.54) is 0 Å². The number of benzene rings is 2. The second-order valence-corrected chi connectivity index (χ2v) is 3.69. The number of esters is 1. The smallest absolute Gasteiger partial charge is 0.328 e. The van der Waals surface area contributed by atoms with Crippen LogP contribution in [0.15, 0.2) is 42.5 Å². The molecule has 90 valence electrons. The van der Waals surface area contributed by atoms with Gasteiger partial charge in [0, 0.05) is 5.39 Å². The van der Waals surface area contributed by atoms with Crippen molar-refractivity contribution in [1.82, 2.24) is 0 Å². The number of carbonyl (C=O) groups is 1. The summed E-state index contributed by atoms with van der Waals surface area (Å²) in [6.45, 7) is 1.60. The third kappa shape index (κ3) is 2.96. The minimum absolute atomic E-state index is 0. The fourth-order valence-electron chi connectivity index (χ4n) is 1.49. The van der Waals surface area contributed by atoms with Gasteiger partial charge >= 0.3 is 5.97 Å². The van der Waals surface area contributed by atoms with Gasteiger partial charge in [-0.1, -0.05) is 36.4 Å². The van der Waals surface area contributed by atoms with Gasteiger partial charge in [0.1, 0.15) is 11.8 Å². The topological polar surface area (TPSA) is 52.3 Å². The number of hydrogen-bond acceptors (Lipinski definition) is 3. The Bertz CT molecular complexity index is 520. The van der Waals surface area contributed by atoms with Crippen molar-refractivity contribution < 1.29 is 9.53 Å². The Kier molecular flexibility index (Phi) is 4.49. The molecule has 0 amide bonds. The van der Waals surface area contributed by atoms with Crippen molar-refractivity contribution in [3.8, 4) is 5.75 Å². The number of fused-ring (bicyclic) bond motifs is 1. The number of halogens is 1. The fraction of sp³-hybridized carbons (Fsp3) is 0.154. The maximum Gasteiger partial charge on any atom is 0.328 e. The van der Waals surface area contributed by atoms with Gasteiger partial charge in [0.25, 0.3) is 0 Å². The molecule has 4 heteroatoms. The first-order chi connectivity index (χ1) is 7.68. The van der Waals surface area contributed by atoms with Crippen molar-refractivity contribution in [3.05, 3.63) is 42.5 Å². The molecule has 0 aromatic heterocycles. The summed E-state index contributed by atoms with van der Waals surface area (Å²) in [6.07, 6.45) is 0. The quantitative estimate of drug-likeness (QED) is 0.659. The van der Waals surface area contributed by atoms with E-state index in [1.807, 2.05) is 36.4 Å². The number of hydrogen-bond donors (Lipinski definition) is 1. The molecule has 2 aromatic rings. The van der Waals surface area contributed by atoms with Crippen molar-refractivity contribution in [2.75, 3.05) is 0 Å². The molecule has 0 aliphatic rings. The molecule has 1 atom stereocenters. The molecule has 0 heterocycles. The molecule has 2 aromatic carbocycles. The van der Waals surface area contributed by atoms with Gasteiger partial charge < -0.3 is 10.5 Å². The minimum atomic E-state index is -0.612. The zero-order chi connectivity index (χ0) is 11.5. The van der Waals surface area contributed by atoms with Crippen molar-refractivity contribution in [2.24, 2.45) is 5.73 Å². The van der Waals surface area contributed by atoms with E-state index in [1.54, 1.807) is 13.0 Å². The third-order valence-corrected chi connectivity index (χ3v) is 2.33. The summed E-state index contributed by atoms with van der Waals surface area (Å²) < 4.78 is 5.23. The Morgan fingerprint density at radius 1 is 1.18 bits per heavy atom. The molecule has 0 spiro atoms. The SMILES string of the molecule is CC(N)C(=O)Oc1cccc2ccccc12.Cl. The monoisotopic (exact) mass is 251 g/mol. The lowest BCUT2D eigenvalue weighted by molar-refractivity contribution is -0.135. The summed E-state index contributed by atoms with van der Waals surface area (Å²) in [4.78, 5) is 11.4. The van der Waals surface area contributed by atoms with Gasteiger partial charge in [0.05, 0.1) is 0 Å². The van der Waals surface area contributed by atoms with E-state index >= 15 is 0 Å². The van der Waals surface area contributed by atoms with Crippen LogP contribution >= 0.6 is 12.4 Å². The number of nitrogens with two attached hydrogens (primary N) is 1. The number of carbonyl (C=O) groups excluding carboxylic acids is 1. The first-order valence-corrected chi connectivity index (χ1v) is 5.13. The number of rotatable bonds is 2. The summed E-state index contributed by atoms with van der Waals surface area (Å²) in [5, 5.41) is 1.96. The molecule has 0 aliphatic carbocycles. The van der Waals surface area contributed by atoms with E-state index in [9.17, 15) is 4.79 Å². The Balaban J connectivity index is 0.00000144. The summed E-state index contributed by atoms with van der Waals surface area (Å²) in [5.41, 5.74) is 5.45. The molecule has 0 saturated heterocycles. The van der Waals surface area contributed by atoms with Crippen molar-refractivity contribution in [3.63, 3.8) is 0 Å². The van der Waals surface area contributed by atoms with Gasteiger partial charge in [-0.25, -0.2) is 4.79 Å². The first kappa shape index (κ1) is 13.5. The van der Waals surface area contributed by atoms with E-state index < -0.39 is 12.0 Å². The van der Waals surface area contributed by atoms with Crippen LogP contribution in [0.3, 0.4) is 0 Å². The standard InChI is InChI=1S/C13H13NO2.ClH/c1-9(14)13(15)16-12-8-4-6-10-5-2-3-7-11(10)12;/h2-9H,14H2,1H3;1H. The Morgan fingerprint density at radius 3 is 2.53 bits per heavy atom. The van der Waals surface area contributed by atoms with Crippen LogP contribution in [0, 0.1) is 0 Å². The van der Waals surface area contributed by atoms with Crippen molar-refractivity contribution in [1.29, 1.82) is 0 Å². The molecule has 0 bridgehead atoms. The summed E-state index contributed by atoms with van der Waals surface area (Å²) in [6, 6.07) is 12.7. The van der Waals surface area contributed by atoms with Crippen molar-refractivity contribution in [2.45, 2.75) is 13.0 Å². The Labute approximate surface area is 106 Å². The van der Waals surface area contributed by atoms with Gasteiger partial charge in [-0.15, -0.1) is 12.4 Å². The average molecular weight is 252 g/mol. The summed E-state index contributed by atoms with van der Waals surface area (Å²) in [5.74, 6) is 0.136. The van der Waals surface area contributed by atoms with Gasteiger partial charge in [0.15, 0.2) is 0 Å². The molecule has 17 heavy (non-hydrogen) atoms. The van der Waals surface area contributed by atoms with Crippen LogP contribution in [0.4, 0.5) is 0 Å². The van der Waals surface area contributed by atoms with E-state index in [0.29, 0.717) is 5.75 Å². The maximum absolute atomic E-state index is 11.4. The van der Waals surface area contributed by atoms with E-state index in [2.05, 4.69) is 0 Å². The van der Waals surface area contributed by atoms with Gasteiger partial charge in [-0.2, -0.15) is 0 Å². The van der Waals surface area contributed by atoms with Crippen LogP contribution < -0.4 is 10.5 Å². The highest BCUT2D eigenvalue weighted by molar-refractivity contribution is 5.91. The van der Waals surface area contributed by atoms with Crippen LogP contribution in [0.2, 0.25) is 0 Å². The lowest BCUT2D eigenvalue weighted by Gasteiger charge is -2.09. The molecule has 0 aliphatic heterocycles. The predicted molar refractivity (Wildman–Crippen MR) is 70.5 cm³/mol. The maximum atomic E-state index is 11.4. The van der Waals surface area contributed by atoms with Crippen LogP contribution in [-0.2, 0) is 4.79 Å². The van der Waals surface area contributed by atoms with E-state index in [0.717, 1.165) is 10.8 Å². The highest BCUT2D eigenvalue weighted by Gasteiger charge is 2.11. The highest BCUT2D eigenvalue weighted by Crippen LogP contribution is 2.25. The molecule has 2 rings (SSSR count). The molecule has 3 nitrogen and oxygen atoms in total. The van der Waals surface area contributed by atoms with Crippen molar-refractivity contribution >= 4 is 29.1 Å². The Hall–Kier alpha value is -1.58. The zero-order valence-corrected chi connectivity index (χ0v) is 10.2. The number of ether oxygens (including phenoxy) is 1. The van der Waals surface area contributed by atoms with E-state index in [4.69, 9.17) is 10.5 Å². The predicted octanol–water partition coefficient (Wildman–Crippen LogP) is 2.51. The van der Waals surface area contributed by atoms with Gasteiger partial charge in [-0.3, -0.25) is 0 Å². The van der Waals surface area contributed by atoms with Crippen LogP contribution in [0.25, 0.3) is 10.8 Å². The highest BCUT2D eigenvalue weighted by atomic mass is 35.5. The van der Waals surface area contributed by atoms with Gasteiger partial charge in [-0.05, 0) is 18.4 Å². The fourth-order valence-corrected chi connectivity index (χ4v) is 1.49. The van der Waals surface area contributed by atoms with Crippen LogP contribution in [0.5, 0.6) is 5.75 Å². The normalized spacial score (nSPS) is 11.6. The molecule has 0 fully saturated rings. The zero-order valence-electron chi connectivity index (χ0n) is 9.42. The molecular weight excluding hydrogens is 238 g/mol. The second kappa shape index (κ2) is 5.66. The summed E-state index contributed by atoms with van der Waals surface area (Å²) in [7, 11) is 0. The molecule has 1 unspecified atom stereocenters.